The summed E-state index contributed by atoms with van der Waals surface area (Å²) >= 11 is 0. The molecule has 24 heavy (non-hydrogen) atoms. The van der Waals surface area contributed by atoms with E-state index in [-0.39, 0.29) is 37.6 Å². The Morgan fingerprint density at radius 1 is 1.29 bits per heavy atom. The van der Waals surface area contributed by atoms with Crippen molar-refractivity contribution in [2.24, 2.45) is 5.92 Å². The zero-order valence-corrected chi connectivity index (χ0v) is 13.4. The molecule has 4 amide bonds. The molecule has 2 aliphatic carbocycles. The summed E-state index contributed by atoms with van der Waals surface area (Å²) in [6.07, 6.45) is 3.77. The average molecular weight is 338 g/mol. The van der Waals surface area contributed by atoms with Gasteiger partial charge in [-0.2, -0.15) is 0 Å². The molecule has 132 valence electrons. The van der Waals surface area contributed by atoms with Gasteiger partial charge in [-0.25, -0.2) is 4.79 Å². The highest BCUT2D eigenvalue weighted by Gasteiger charge is 2.38. The molecule has 0 aromatic carbocycles. The molecule has 0 bridgehead atoms. The smallest absolute Gasteiger partial charge is 0.325 e. The van der Waals surface area contributed by atoms with Crippen LogP contribution in [0.5, 0.6) is 0 Å². The Morgan fingerprint density at radius 3 is 2.54 bits per heavy atom. The van der Waals surface area contributed by atoms with Crippen LogP contribution in [0.25, 0.3) is 0 Å². The molecule has 0 spiro atoms. The van der Waals surface area contributed by atoms with Crippen molar-refractivity contribution in [2.45, 2.75) is 37.8 Å². The number of carbonyl (C=O) groups is 4. The molecule has 2 saturated carbocycles. The Balaban J connectivity index is 1.40. The summed E-state index contributed by atoms with van der Waals surface area (Å²) in [6.45, 7) is 0.624. The number of hydrogen-bond acceptors (Lipinski definition) is 5. The zero-order valence-electron chi connectivity index (χ0n) is 13.4. The van der Waals surface area contributed by atoms with Crippen LogP contribution in [0.15, 0.2) is 0 Å². The van der Waals surface area contributed by atoms with Gasteiger partial charge in [0.05, 0.1) is 6.54 Å². The van der Waals surface area contributed by atoms with Crippen LogP contribution >= 0.6 is 0 Å². The number of rotatable bonds is 8. The van der Waals surface area contributed by atoms with Gasteiger partial charge in [0.1, 0.15) is 13.1 Å². The van der Waals surface area contributed by atoms with E-state index in [2.05, 4.69) is 10.6 Å². The third-order valence-corrected chi connectivity index (χ3v) is 4.73. The van der Waals surface area contributed by atoms with Crippen molar-refractivity contribution in [3.8, 4) is 0 Å². The van der Waals surface area contributed by atoms with Gasteiger partial charge in [0.15, 0.2) is 0 Å². The first-order valence-corrected chi connectivity index (χ1v) is 8.24. The lowest BCUT2D eigenvalue weighted by molar-refractivity contribution is -0.140. The number of carbonyl (C=O) groups excluding carboxylic acids is 3. The Hall–Kier alpha value is -2.16. The number of nitrogens with zero attached hydrogens (tertiary/aromatic N) is 2. The second-order valence-corrected chi connectivity index (χ2v) is 6.87. The lowest BCUT2D eigenvalue weighted by Crippen LogP contribution is -2.56. The SMILES string of the molecule is O=C(O)CN(CC1CC1)C1CC(NC(=O)CN2CC(=O)NC2=O)C1. The van der Waals surface area contributed by atoms with Crippen LogP contribution in [0, 0.1) is 5.92 Å². The summed E-state index contributed by atoms with van der Waals surface area (Å²) in [7, 11) is 0. The maximum absolute atomic E-state index is 11.9. The first-order valence-electron chi connectivity index (χ1n) is 8.24. The monoisotopic (exact) mass is 338 g/mol. The number of carboxylic acid groups (broad SMARTS) is 1. The predicted molar refractivity (Wildman–Crippen MR) is 82.0 cm³/mol. The second kappa shape index (κ2) is 6.76. The van der Waals surface area contributed by atoms with Crippen molar-refractivity contribution in [1.82, 2.24) is 20.4 Å². The van der Waals surface area contributed by atoms with Crippen LogP contribution in [0.1, 0.15) is 25.7 Å². The molecule has 9 heteroatoms. The largest absolute Gasteiger partial charge is 0.480 e. The van der Waals surface area contributed by atoms with Crippen LogP contribution < -0.4 is 10.6 Å². The summed E-state index contributed by atoms with van der Waals surface area (Å²) in [5.41, 5.74) is 0. The molecule has 1 aliphatic heterocycles. The highest BCUT2D eigenvalue weighted by Crippen LogP contribution is 2.33. The summed E-state index contributed by atoms with van der Waals surface area (Å²) < 4.78 is 0. The Labute approximate surface area is 139 Å². The van der Waals surface area contributed by atoms with Crippen LogP contribution in [-0.4, -0.2) is 77.0 Å². The highest BCUT2D eigenvalue weighted by molar-refractivity contribution is 6.03. The van der Waals surface area contributed by atoms with E-state index in [0.29, 0.717) is 5.92 Å². The van der Waals surface area contributed by atoms with Crippen molar-refractivity contribution >= 4 is 23.8 Å². The van der Waals surface area contributed by atoms with Crippen molar-refractivity contribution in [2.75, 3.05) is 26.2 Å². The number of nitrogens with one attached hydrogen (secondary N) is 2. The van der Waals surface area contributed by atoms with Gasteiger partial charge >= 0.3 is 12.0 Å². The lowest BCUT2D eigenvalue weighted by Gasteiger charge is -2.42. The van der Waals surface area contributed by atoms with Crippen molar-refractivity contribution in [3.05, 3.63) is 0 Å². The summed E-state index contributed by atoms with van der Waals surface area (Å²) in [5, 5.41) is 14.0. The van der Waals surface area contributed by atoms with E-state index < -0.39 is 17.9 Å². The number of carboxylic acids is 1. The van der Waals surface area contributed by atoms with E-state index in [9.17, 15) is 19.2 Å². The van der Waals surface area contributed by atoms with Crippen LogP contribution in [0.4, 0.5) is 4.79 Å². The van der Waals surface area contributed by atoms with E-state index in [1.54, 1.807) is 0 Å². The molecule has 0 radical (unpaired) electrons. The van der Waals surface area contributed by atoms with E-state index in [1.807, 2.05) is 4.90 Å². The summed E-state index contributed by atoms with van der Waals surface area (Å²) in [5.74, 6) is -0.909. The Kier molecular flexibility index (Phi) is 4.70. The van der Waals surface area contributed by atoms with Gasteiger partial charge in [-0.15, -0.1) is 0 Å². The first-order chi connectivity index (χ1) is 11.4. The fourth-order valence-electron chi connectivity index (χ4n) is 3.21. The minimum Gasteiger partial charge on any atom is -0.480 e. The number of amides is 4. The maximum atomic E-state index is 11.9. The fraction of sp³-hybridized carbons (Fsp3) is 0.733. The zero-order chi connectivity index (χ0) is 17.3. The molecule has 0 unspecified atom stereocenters. The van der Waals surface area contributed by atoms with Gasteiger partial charge in [-0.3, -0.25) is 24.6 Å². The van der Waals surface area contributed by atoms with Crippen molar-refractivity contribution in [3.63, 3.8) is 0 Å². The summed E-state index contributed by atoms with van der Waals surface area (Å²) in [4.78, 5) is 48.6. The number of aliphatic carboxylic acids is 1. The molecule has 0 aromatic rings. The fourth-order valence-corrected chi connectivity index (χ4v) is 3.21. The van der Waals surface area contributed by atoms with E-state index in [4.69, 9.17) is 5.11 Å². The van der Waals surface area contributed by atoms with Crippen LogP contribution in [-0.2, 0) is 14.4 Å². The molecular weight excluding hydrogens is 316 g/mol. The predicted octanol–water partition coefficient (Wildman–Crippen LogP) is -1.02. The van der Waals surface area contributed by atoms with Gasteiger partial charge in [-0.1, -0.05) is 0 Å². The molecule has 0 atom stereocenters. The van der Waals surface area contributed by atoms with Crippen molar-refractivity contribution in [1.29, 1.82) is 0 Å². The molecule has 0 aromatic heterocycles. The van der Waals surface area contributed by atoms with Gasteiger partial charge in [0.25, 0.3) is 0 Å². The molecule has 3 aliphatic rings. The Bertz CT molecular complexity index is 556. The molecular formula is C15H22N4O5. The third kappa shape index (κ3) is 4.22. The minimum absolute atomic E-state index is 0.000589. The van der Waals surface area contributed by atoms with E-state index in [1.165, 1.54) is 12.8 Å². The first kappa shape index (κ1) is 16.7. The highest BCUT2D eigenvalue weighted by atomic mass is 16.4. The van der Waals surface area contributed by atoms with Gasteiger partial charge in [-0.05, 0) is 31.6 Å². The molecule has 9 nitrogen and oxygen atoms in total. The maximum Gasteiger partial charge on any atom is 0.325 e. The van der Waals surface area contributed by atoms with Crippen molar-refractivity contribution < 1.29 is 24.3 Å². The average Bonchev–Trinajstić information content (AvgIpc) is 3.18. The normalized spacial score (nSPS) is 26.3. The quantitative estimate of drug-likeness (QED) is 0.488. The molecule has 1 heterocycles. The Morgan fingerprint density at radius 2 is 2.00 bits per heavy atom. The minimum atomic E-state index is -0.826. The van der Waals surface area contributed by atoms with Gasteiger partial charge < -0.3 is 15.3 Å². The topological polar surface area (TPSA) is 119 Å². The van der Waals surface area contributed by atoms with Gasteiger partial charge in [0.2, 0.25) is 11.8 Å². The summed E-state index contributed by atoms with van der Waals surface area (Å²) in [6, 6.07) is -0.360. The van der Waals surface area contributed by atoms with Crippen LogP contribution in [0.2, 0.25) is 0 Å². The second-order valence-electron chi connectivity index (χ2n) is 6.87. The third-order valence-electron chi connectivity index (χ3n) is 4.73. The molecule has 3 rings (SSSR count). The standard InChI is InChI=1S/C15H22N4O5/c20-12(6-19-7-13(21)17-15(19)24)16-10-3-11(4-10)18(8-14(22)23)5-9-1-2-9/h9-11H,1-8H2,(H,16,20)(H,22,23)(H,17,21,24). The van der Waals surface area contributed by atoms with E-state index in [0.717, 1.165) is 24.3 Å². The number of hydrogen-bond donors (Lipinski definition) is 3. The molecule has 3 fully saturated rings. The number of urea groups is 1. The molecule has 3 N–H and O–H groups in total. The van der Waals surface area contributed by atoms with Crippen LogP contribution in [0.3, 0.4) is 0 Å². The van der Waals surface area contributed by atoms with Gasteiger partial charge in [0, 0.05) is 18.6 Å². The molecule has 1 saturated heterocycles. The van der Waals surface area contributed by atoms with E-state index >= 15 is 0 Å². The lowest BCUT2D eigenvalue weighted by atomic mass is 9.85. The number of imide groups is 1.